The van der Waals surface area contributed by atoms with Crippen LogP contribution in [0.3, 0.4) is 0 Å². The van der Waals surface area contributed by atoms with Crippen molar-refractivity contribution in [2.45, 2.75) is 20.8 Å². The van der Waals surface area contributed by atoms with Crippen LogP contribution in [0, 0.1) is 5.41 Å². The molecule has 19 heavy (non-hydrogen) atoms. The average molecular weight is 265 g/mol. The van der Waals surface area contributed by atoms with Gasteiger partial charge in [-0.3, -0.25) is 0 Å². The summed E-state index contributed by atoms with van der Waals surface area (Å²) in [7, 11) is 1.52. The zero-order valence-corrected chi connectivity index (χ0v) is 11.5. The minimum Gasteiger partial charge on any atom is -0.596 e. The van der Waals surface area contributed by atoms with Gasteiger partial charge in [-0.15, -0.1) is 0 Å². The van der Waals surface area contributed by atoms with Gasteiger partial charge in [-0.05, 0) is 22.3 Å². The second kappa shape index (κ2) is 4.37. The molecule has 0 aromatic heterocycles. The van der Waals surface area contributed by atoms with Gasteiger partial charge in [0.15, 0.2) is 7.05 Å². The van der Waals surface area contributed by atoms with E-state index in [2.05, 4.69) is 0 Å². The molecule has 1 aromatic rings. The summed E-state index contributed by atoms with van der Waals surface area (Å²) < 4.78 is 26.0. The van der Waals surface area contributed by atoms with Crippen LogP contribution in [0.4, 0.5) is 4.32 Å². The van der Waals surface area contributed by atoms with Crippen LogP contribution in [0.1, 0.15) is 26.3 Å². The third-order valence-electron chi connectivity index (χ3n) is 2.92. The first-order chi connectivity index (χ1) is 8.74. The molecule has 1 atom stereocenters. The molecule has 1 aromatic carbocycles. The van der Waals surface area contributed by atoms with Crippen molar-refractivity contribution in [2.24, 2.45) is 5.41 Å². The monoisotopic (exact) mass is 265 g/mol. The number of benzene rings is 1. The first-order valence-electron chi connectivity index (χ1n) is 6.15. The zero-order chi connectivity index (χ0) is 14.3. The van der Waals surface area contributed by atoms with Crippen LogP contribution in [0.2, 0.25) is 0 Å². The highest BCUT2D eigenvalue weighted by Gasteiger charge is 2.55. The van der Waals surface area contributed by atoms with Crippen molar-refractivity contribution in [2.75, 3.05) is 7.05 Å². The molecular formula is C13H17BFNO3. The summed E-state index contributed by atoms with van der Waals surface area (Å²) in [5.41, 5.74) is -0.903. The van der Waals surface area contributed by atoms with Crippen LogP contribution >= 0.6 is 0 Å². The van der Waals surface area contributed by atoms with E-state index in [1.54, 1.807) is 45.0 Å². The number of hydrogen-bond donors (Lipinski definition) is 0. The summed E-state index contributed by atoms with van der Waals surface area (Å²) in [4.78, 5) is 12.1. The van der Waals surface area contributed by atoms with Gasteiger partial charge in [-0.1, -0.05) is 39.0 Å². The fraction of sp³-hybridized carbons (Fsp3) is 0.385. The van der Waals surface area contributed by atoms with Gasteiger partial charge < -0.3 is 18.5 Å². The van der Waals surface area contributed by atoms with E-state index in [1.807, 2.05) is 6.07 Å². The first-order valence-corrected chi connectivity index (χ1v) is 6.15. The second-order valence-corrected chi connectivity index (χ2v) is 5.63. The van der Waals surface area contributed by atoms with Gasteiger partial charge in [0.05, 0.1) is 5.56 Å². The summed E-state index contributed by atoms with van der Waals surface area (Å²) >= 11 is 0. The average Bonchev–Trinajstić information content (AvgIpc) is 2.65. The van der Waals surface area contributed by atoms with Crippen LogP contribution in [0.5, 0.6) is 0 Å². The summed E-state index contributed by atoms with van der Waals surface area (Å²) in [6, 6.07) is 8.97. The van der Waals surface area contributed by atoms with Gasteiger partial charge in [-0.2, -0.15) is 0 Å². The Morgan fingerprint density at radius 3 is 2.37 bits per heavy atom. The quantitative estimate of drug-likeness (QED) is 0.607. The highest BCUT2D eigenvalue weighted by Crippen LogP contribution is 2.29. The molecule has 0 fully saturated rings. The maximum Gasteiger partial charge on any atom is 0.649 e. The number of carbonyl (C=O) groups excluding carboxylic acids is 1. The van der Waals surface area contributed by atoms with E-state index < -0.39 is 17.9 Å². The lowest BCUT2D eigenvalue weighted by Gasteiger charge is -2.28. The van der Waals surface area contributed by atoms with Gasteiger partial charge in [-0.25, -0.2) is 0 Å². The summed E-state index contributed by atoms with van der Waals surface area (Å²) in [5, 5.41) is 0. The number of hydroxylamine groups is 1. The Labute approximate surface area is 111 Å². The Balaban J connectivity index is 2.29. The smallest absolute Gasteiger partial charge is 0.596 e. The second-order valence-electron chi connectivity index (χ2n) is 5.63. The zero-order valence-electron chi connectivity index (χ0n) is 11.5. The Kier molecular flexibility index (Phi) is 3.12. The van der Waals surface area contributed by atoms with Gasteiger partial charge in [0.1, 0.15) is 5.68 Å². The number of halogens is 1. The number of hydrogen-bond acceptors (Lipinski definition) is 3. The maximum absolute atomic E-state index is 14.6. The van der Waals surface area contributed by atoms with Gasteiger partial charge >= 0.3 is 12.7 Å². The highest BCUT2D eigenvalue weighted by molar-refractivity contribution is 6.93. The summed E-state index contributed by atoms with van der Waals surface area (Å²) in [6.45, 7) is 1.40. The SMILES string of the molecule is C[N+]1=C(c2ccccc2)O[B-](F)(C(=O)C(C)(C)C)O1. The topological polar surface area (TPSA) is 38.5 Å². The molecule has 4 nitrogen and oxygen atoms in total. The molecule has 102 valence electrons. The van der Waals surface area contributed by atoms with Gasteiger partial charge in [0.25, 0.3) is 0 Å². The molecule has 6 heteroatoms. The van der Waals surface area contributed by atoms with Crippen LogP contribution in [0.25, 0.3) is 0 Å². The van der Waals surface area contributed by atoms with Crippen LogP contribution in [0.15, 0.2) is 30.3 Å². The van der Waals surface area contributed by atoms with Gasteiger partial charge in [0.2, 0.25) is 0 Å². The standard InChI is InChI=1S/C13H17BFNO3/c1-13(2,3)12(17)14(15)18-11(16(4)19-14)10-8-6-5-7-9-10/h5-9H,1-4H3. The van der Waals surface area contributed by atoms with Crippen molar-refractivity contribution in [3.8, 4) is 0 Å². The lowest BCUT2D eigenvalue weighted by atomic mass is 9.65. The van der Waals surface area contributed by atoms with E-state index in [4.69, 9.17) is 9.41 Å². The fourth-order valence-corrected chi connectivity index (χ4v) is 1.94. The Bertz CT molecular complexity index is 539. The third-order valence-corrected chi connectivity index (χ3v) is 2.92. The molecule has 0 spiro atoms. The van der Waals surface area contributed by atoms with Crippen molar-refractivity contribution in [3.63, 3.8) is 0 Å². The van der Waals surface area contributed by atoms with E-state index in [0.29, 0.717) is 5.56 Å². The van der Waals surface area contributed by atoms with Crippen molar-refractivity contribution in [3.05, 3.63) is 35.9 Å². The molecule has 1 aliphatic heterocycles. The van der Waals surface area contributed by atoms with Crippen molar-refractivity contribution in [1.29, 1.82) is 0 Å². The molecule has 2 rings (SSSR count). The Morgan fingerprint density at radius 1 is 1.26 bits per heavy atom. The van der Waals surface area contributed by atoms with E-state index >= 15 is 0 Å². The number of rotatable bonds is 2. The summed E-state index contributed by atoms with van der Waals surface area (Å²) in [6.07, 6.45) is 0. The van der Waals surface area contributed by atoms with Crippen LogP contribution in [-0.4, -0.2) is 30.2 Å². The minimum atomic E-state index is -3.49. The molecule has 1 unspecified atom stereocenters. The lowest BCUT2D eigenvalue weighted by molar-refractivity contribution is -0.728. The predicted octanol–water partition coefficient (Wildman–Crippen LogP) is 2.10. The molecule has 1 aliphatic rings. The summed E-state index contributed by atoms with van der Waals surface area (Å²) in [5.74, 6) is 0.209. The molecule has 0 saturated heterocycles. The fourth-order valence-electron chi connectivity index (χ4n) is 1.94. The van der Waals surface area contributed by atoms with E-state index in [9.17, 15) is 9.11 Å². The minimum absolute atomic E-state index is 0.209. The maximum atomic E-state index is 14.6. The normalized spacial score (nSPS) is 23.0. The third kappa shape index (κ3) is 2.48. The predicted molar refractivity (Wildman–Crippen MR) is 70.2 cm³/mol. The molecule has 0 aliphatic carbocycles. The molecule has 1 heterocycles. The lowest BCUT2D eigenvalue weighted by Crippen LogP contribution is -2.50. The van der Waals surface area contributed by atoms with E-state index in [-0.39, 0.29) is 5.90 Å². The highest BCUT2D eigenvalue weighted by atomic mass is 19.1. The van der Waals surface area contributed by atoms with Crippen molar-refractivity contribution in [1.82, 2.24) is 0 Å². The number of nitrogens with zero attached hydrogens (tertiary/aromatic N) is 1. The van der Waals surface area contributed by atoms with Crippen molar-refractivity contribution < 1.29 is 23.3 Å². The largest absolute Gasteiger partial charge is 0.649 e. The van der Waals surface area contributed by atoms with E-state index in [0.717, 1.165) is 0 Å². The molecule has 0 saturated carbocycles. The van der Waals surface area contributed by atoms with Gasteiger partial charge in [0, 0.05) is 0 Å². The van der Waals surface area contributed by atoms with E-state index in [1.165, 1.54) is 11.8 Å². The van der Waals surface area contributed by atoms with Crippen LogP contribution in [-0.2, 0) is 14.2 Å². The molecule has 0 radical (unpaired) electrons. The molecule has 0 amide bonds. The Hall–Kier alpha value is -1.85. The number of carbonyl (C=O) groups is 1. The van der Waals surface area contributed by atoms with Crippen molar-refractivity contribution >= 4 is 18.4 Å². The molecular weight excluding hydrogens is 248 g/mol. The Morgan fingerprint density at radius 2 is 1.84 bits per heavy atom. The molecule has 0 N–H and O–H groups in total. The first kappa shape index (κ1) is 13.6. The van der Waals surface area contributed by atoms with Crippen LogP contribution < -0.4 is 0 Å². The molecule has 0 bridgehead atoms.